The van der Waals surface area contributed by atoms with E-state index in [0.717, 1.165) is 22.0 Å². The second-order valence-corrected chi connectivity index (χ2v) is 8.22. The van der Waals surface area contributed by atoms with Crippen LogP contribution < -0.4 is 0 Å². The number of hydrogen-bond donors (Lipinski definition) is 1. The highest BCUT2D eigenvalue weighted by Gasteiger charge is 2.32. The molecule has 0 radical (unpaired) electrons. The molecule has 2 heterocycles. The van der Waals surface area contributed by atoms with Crippen LogP contribution in [0.25, 0.3) is 16.5 Å². The molecule has 1 aliphatic heterocycles. The standard InChI is InChI=1S/C19H17N3O4S/c23-22(24)18-7-3-4-8-19(18)27(25,26)21-11-9-14(10-12-21)16-13-20-17-6-2-1-5-15(16)17/h1-9,13,20H,10-12H2. The van der Waals surface area contributed by atoms with Crippen molar-refractivity contribution in [3.05, 3.63) is 76.5 Å². The molecule has 1 aliphatic rings. The normalized spacial score (nSPS) is 15.6. The van der Waals surface area contributed by atoms with Crippen LogP contribution in [0.1, 0.15) is 12.0 Å². The second kappa shape index (κ2) is 6.64. The first-order valence-corrected chi connectivity index (χ1v) is 9.91. The van der Waals surface area contributed by atoms with Gasteiger partial charge in [-0.1, -0.05) is 36.4 Å². The van der Waals surface area contributed by atoms with Crippen LogP contribution in [0.3, 0.4) is 0 Å². The van der Waals surface area contributed by atoms with Gasteiger partial charge in [-0.3, -0.25) is 10.1 Å². The Morgan fingerprint density at radius 2 is 1.81 bits per heavy atom. The fourth-order valence-electron chi connectivity index (χ4n) is 3.42. The highest BCUT2D eigenvalue weighted by atomic mass is 32.2. The van der Waals surface area contributed by atoms with E-state index in [9.17, 15) is 18.5 Å². The fraction of sp³-hybridized carbons (Fsp3) is 0.158. The molecule has 1 aromatic heterocycles. The third kappa shape index (κ3) is 3.02. The summed E-state index contributed by atoms with van der Waals surface area (Å²) in [6.45, 7) is 0.461. The summed E-state index contributed by atoms with van der Waals surface area (Å²) >= 11 is 0. The van der Waals surface area contributed by atoms with E-state index in [0.29, 0.717) is 6.42 Å². The molecule has 0 amide bonds. The topological polar surface area (TPSA) is 96.3 Å². The lowest BCUT2D eigenvalue weighted by Gasteiger charge is -2.25. The minimum atomic E-state index is -3.93. The number of nitrogens with zero attached hydrogens (tertiary/aromatic N) is 2. The molecule has 7 nitrogen and oxygen atoms in total. The molecule has 3 aromatic rings. The predicted molar refractivity (Wildman–Crippen MR) is 103 cm³/mol. The van der Waals surface area contributed by atoms with Gasteiger partial charge in [-0.2, -0.15) is 4.31 Å². The third-order valence-corrected chi connectivity index (χ3v) is 6.70. The molecule has 8 heteroatoms. The van der Waals surface area contributed by atoms with Crippen molar-refractivity contribution in [1.82, 2.24) is 9.29 Å². The Balaban J connectivity index is 1.64. The monoisotopic (exact) mass is 383 g/mol. The number of rotatable bonds is 4. The molecule has 0 spiro atoms. The van der Waals surface area contributed by atoms with Crippen molar-refractivity contribution in [2.24, 2.45) is 0 Å². The lowest BCUT2D eigenvalue weighted by molar-refractivity contribution is -0.387. The van der Waals surface area contributed by atoms with Crippen molar-refractivity contribution in [3.63, 3.8) is 0 Å². The molecular formula is C19H17N3O4S. The molecule has 4 rings (SSSR count). The molecule has 0 saturated carbocycles. The van der Waals surface area contributed by atoms with Crippen molar-refractivity contribution in [3.8, 4) is 0 Å². The van der Waals surface area contributed by atoms with Crippen molar-refractivity contribution in [2.45, 2.75) is 11.3 Å². The van der Waals surface area contributed by atoms with E-state index < -0.39 is 20.6 Å². The minimum absolute atomic E-state index is 0.184. The molecule has 0 aliphatic carbocycles. The summed E-state index contributed by atoms with van der Waals surface area (Å²) in [7, 11) is -3.93. The van der Waals surface area contributed by atoms with Gasteiger partial charge in [0.1, 0.15) is 0 Å². The number of H-pyrrole nitrogens is 1. The van der Waals surface area contributed by atoms with E-state index in [-0.39, 0.29) is 18.0 Å². The maximum atomic E-state index is 12.9. The number of sulfonamides is 1. The largest absolute Gasteiger partial charge is 0.361 e. The molecule has 138 valence electrons. The van der Waals surface area contributed by atoms with Gasteiger partial charge in [0.15, 0.2) is 4.90 Å². The van der Waals surface area contributed by atoms with Crippen LogP contribution in [-0.4, -0.2) is 35.7 Å². The number of aromatic nitrogens is 1. The van der Waals surface area contributed by atoms with Crippen LogP contribution in [0.5, 0.6) is 0 Å². The van der Waals surface area contributed by atoms with Crippen LogP contribution in [0.4, 0.5) is 5.69 Å². The molecule has 0 saturated heterocycles. The number of hydrogen-bond acceptors (Lipinski definition) is 4. The van der Waals surface area contributed by atoms with Crippen LogP contribution in [0.15, 0.2) is 65.7 Å². The van der Waals surface area contributed by atoms with Gasteiger partial charge in [0.2, 0.25) is 10.0 Å². The van der Waals surface area contributed by atoms with E-state index in [1.165, 1.54) is 28.6 Å². The first kappa shape index (κ1) is 17.4. The number of para-hydroxylation sites is 2. The highest BCUT2D eigenvalue weighted by molar-refractivity contribution is 7.89. The second-order valence-electron chi connectivity index (χ2n) is 6.32. The smallest absolute Gasteiger partial charge is 0.289 e. The first-order chi connectivity index (χ1) is 13.0. The van der Waals surface area contributed by atoms with Gasteiger partial charge in [-0.05, 0) is 24.1 Å². The van der Waals surface area contributed by atoms with Gasteiger partial charge in [0.25, 0.3) is 5.69 Å². The lowest BCUT2D eigenvalue weighted by Crippen LogP contribution is -2.35. The molecule has 1 N–H and O–H groups in total. The number of nitro benzene ring substituents is 1. The Bertz CT molecular complexity index is 1160. The number of aromatic amines is 1. The number of fused-ring (bicyclic) bond motifs is 1. The molecule has 0 fully saturated rings. The van der Waals surface area contributed by atoms with Crippen molar-refractivity contribution in [1.29, 1.82) is 0 Å². The van der Waals surface area contributed by atoms with Gasteiger partial charge < -0.3 is 4.98 Å². The Morgan fingerprint density at radius 3 is 2.56 bits per heavy atom. The summed E-state index contributed by atoms with van der Waals surface area (Å²) < 4.78 is 27.1. The zero-order valence-electron chi connectivity index (χ0n) is 14.3. The summed E-state index contributed by atoms with van der Waals surface area (Å²) in [5.41, 5.74) is 2.77. The van der Waals surface area contributed by atoms with Crippen molar-refractivity contribution < 1.29 is 13.3 Å². The molecule has 2 aromatic carbocycles. The number of nitro groups is 1. The first-order valence-electron chi connectivity index (χ1n) is 8.47. The third-order valence-electron chi connectivity index (χ3n) is 4.79. The minimum Gasteiger partial charge on any atom is -0.361 e. The zero-order valence-corrected chi connectivity index (χ0v) is 15.1. The Kier molecular flexibility index (Phi) is 4.29. The molecule has 27 heavy (non-hydrogen) atoms. The van der Waals surface area contributed by atoms with Crippen LogP contribution in [0.2, 0.25) is 0 Å². The van der Waals surface area contributed by atoms with Gasteiger partial charge in [0.05, 0.1) is 4.92 Å². The Labute approximate surface area is 156 Å². The summed E-state index contributed by atoms with van der Waals surface area (Å²) in [5.74, 6) is 0. The average Bonchev–Trinajstić information content (AvgIpc) is 3.12. The van der Waals surface area contributed by atoms with Gasteiger partial charge in [-0.15, -0.1) is 0 Å². The Morgan fingerprint density at radius 1 is 1.07 bits per heavy atom. The van der Waals surface area contributed by atoms with Crippen molar-refractivity contribution >= 4 is 32.2 Å². The quantitative estimate of drug-likeness (QED) is 0.550. The van der Waals surface area contributed by atoms with Crippen LogP contribution >= 0.6 is 0 Å². The summed E-state index contributed by atoms with van der Waals surface area (Å²) in [5, 5.41) is 12.3. The van der Waals surface area contributed by atoms with Gasteiger partial charge in [-0.25, -0.2) is 8.42 Å². The molecule has 0 bridgehead atoms. The number of benzene rings is 2. The fourth-order valence-corrected chi connectivity index (χ4v) is 4.95. The summed E-state index contributed by atoms with van der Waals surface area (Å²) in [6.07, 6.45) is 4.36. The van der Waals surface area contributed by atoms with E-state index in [1.807, 2.05) is 36.5 Å². The van der Waals surface area contributed by atoms with Gasteiger partial charge in [0, 0.05) is 41.8 Å². The van der Waals surface area contributed by atoms with Crippen LogP contribution in [-0.2, 0) is 10.0 Å². The van der Waals surface area contributed by atoms with E-state index in [4.69, 9.17) is 0 Å². The zero-order chi connectivity index (χ0) is 19.0. The molecule has 0 unspecified atom stereocenters. The lowest BCUT2D eigenvalue weighted by atomic mass is 10.00. The SMILES string of the molecule is O=[N+]([O-])c1ccccc1S(=O)(=O)N1CC=C(c2c[nH]c3ccccc23)CC1. The summed E-state index contributed by atoms with van der Waals surface area (Å²) in [6, 6.07) is 13.4. The Hall–Kier alpha value is -2.97. The summed E-state index contributed by atoms with van der Waals surface area (Å²) in [4.78, 5) is 13.5. The maximum absolute atomic E-state index is 12.9. The maximum Gasteiger partial charge on any atom is 0.289 e. The van der Waals surface area contributed by atoms with Gasteiger partial charge >= 0.3 is 0 Å². The predicted octanol–water partition coefficient (Wildman–Crippen LogP) is 3.55. The molecular weight excluding hydrogens is 366 g/mol. The van der Waals surface area contributed by atoms with Crippen molar-refractivity contribution in [2.75, 3.05) is 13.1 Å². The number of nitrogens with one attached hydrogen (secondary N) is 1. The average molecular weight is 383 g/mol. The van der Waals surface area contributed by atoms with E-state index >= 15 is 0 Å². The van der Waals surface area contributed by atoms with Crippen LogP contribution in [0, 0.1) is 10.1 Å². The van der Waals surface area contributed by atoms with E-state index in [2.05, 4.69) is 4.98 Å². The molecule has 0 atom stereocenters. The van der Waals surface area contributed by atoms with E-state index in [1.54, 1.807) is 0 Å². The highest BCUT2D eigenvalue weighted by Crippen LogP contribution is 2.32.